The van der Waals surface area contributed by atoms with Crippen LogP contribution in [0.2, 0.25) is 0 Å². The Balaban J connectivity index is 1.96. The SMILES string of the molecule is COc1ccc(NC(=O)C=Cc2ccc(F)cc2)cn1. The molecule has 102 valence electrons. The average molecular weight is 272 g/mol. The normalized spacial score (nSPS) is 10.5. The quantitative estimate of drug-likeness (QED) is 0.871. The van der Waals surface area contributed by atoms with Gasteiger partial charge in [-0.2, -0.15) is 0 Å². The van der Waals surface area contributed by atoms with Crippen molar-refractivity contribution >= 4 is 17.7 Å². The number of pyridine rings is 1. The zero-order valence-electron chi connectivity index (χ0n) is 10.8. The second kappa shape index (κ2) is 6.47. The van der Waals surface area contributed by atoms with Crippen LogP contribution >= 0.6 is 0 Å². The summed E-state index contributed by atoms with van der Waals surface area (Å²) in [6.07, 6.45) is 4.48. The van der Waals surface area contributed by atoms with Gasteiger partial charge in [0.1, 0.15) is 5.82 Å². The van der Waals surface area contributed by atoms with Crippen LogP contribution in [0.1, 0.15) is 5.56 Å². The van der Waals surface area contributed by atoms with E-state index >= 15 is 0 Å². The highest BCUT2D eigenvalue weighted by Gasteiger charge is 1.99. The van der Waals surface area contributed by atoms with E-state index in [2.05, 4.69) is 10.3 Å². The molecule has 2 rings (SSSR count). The van der Waals surface area contributed by atoms with Crippen molar-refractivity contribution in [1.82, 2.24) is 4.98 Å². The second-order valence-electron chi connectivity index (χ2n) is 3.96. The van der Waals surface area contributed by atoms with Crippen molar-refractivity contribution in [2.75, 3.05) is 12.4 Å². The molecule has 1 N–H and O–H groups in total. The summed E-state index contributed by atoms with van der Waals surface area (Å²) < 4.78 is 17.6. The van der Waals surface area contributed by atoms with Crippen molar-refractivity contribution in [3.63, 3.8) is 0 Å². The fraction of sp³-hybridized carbons (Fsp3) is 0.0667. The molecule has 1 aromatic carbocycles. The van der Waals surface area contributed by atoms with Crippen LogP contribution in [-0.2, 0) is 4.79 Å². The van der Waals surface area contributed by atoms with E-state index in [0.29, 0.717) is 11.6 Å². The fourth-order valence-corrected chi connectivity index (χ4v) is 1.50. The Morgan fingerprint density at radius 3 is 2.60 bits per heavy atom. The van der Waals surface area contributed by atoms with Crippen molar-refractivity contribution in [2.45, 2.75) is 0 Å². The second-order valence-corrected chi connectivity index (χ2v) is 3.96. The maximum atomic E-state index is 12.7. The van der Waals surface area contributed by atoms with Gasteiger partial charge in [-0.05, 0) is 29.8 Å². The van der Waals surface area contributed by atoms with E-state index < -0.39 is 0 Å². The molecule has 0 unspecified atom stereocenters. The highest BCUT2D eigenvalue weighted by Crippen LogP contribution is 2.11. The van der Waals surface area contributed by atoms with Crippen LogP contribution in [0.5, 0.6) is 5.88 Å². The van der Waals surface area contributed by atoms with E-state index in [1.165, 1.54) is 31.5 Å². The van der Waals surface area contributed by atoms with Crippen molar-refractivity contribution in [1.29, 1.82) is 0 Å². The molecule has 0 aliphatic heterocycles. The van der Waals surface area contributed by atoms with Gasteiger partial charge in [0, 0.05) is 12.1 Å². The molecule has 1 amide bonds. The van der Waals surface area contributed by atoms with E-state index in [1.54, 1.807) is 30.3 Å². The maximum Gasteiger partial charge on any atom is 0.248 e. The lowest BCUT2D eigenvalue weighted by atomic mass is 10.2. The minimum absolute atomic E-state index is 0.290. The largest absolute Gasteiger partial charge is 0.481 e. The Morgan fingerprint density at radius 1 is 1.25 bits per heavy atom. The predicted octanol–water partition coefficient (Wildman–Crippen LogP) is 2.88. The predicted molar refractivity (Wildman–Crippen MR) is 74.9 cm³/mol. The molecule has 5 heteroatoms. The number of benzene rings is 1. The highest BCUT2D eigenvalue weighted by molar-refractivity contribution is 6.01. The van der Waals surface area contributed by atoms with Crippen molar-refractivity contribution in [3.05, 3.63) is 60.1 Å². The van der Waals surface area contributed by atoms with Crippen LogP contribution in [0.25, 0.3) is 6.08 Å². The number of carbonyl (C=O) groups is 1. The summed E-state index contributed by atoms with van der Waals surface area (Å²) in [6.45, 7) is 0. The van der Waals surface area contributed by atoms with Gasteiger partial charge in [-0.1, -0.05) is 12.1 Å². The van der Waals surface area contributed by atoms with Gasteiger partial charge >= 0.3 is 0 Å². The average Bonchev–Trinajstić information content (AvgIpc) is 2.47. The van der Waals surface area contributed by atoms with Gasteiger partial charge < -0.3 is 10.1 Å². The molecule has 0 atom stereocenters. The lowest BCUT2D eigenvalue weighted by molar-refractivity contribution is -0.111. The number of amides is 1. The number of carbonyl (C=O) groups excluding carboxylic acids is 1. The number of rotatable bonds is 4. The van der Waals surface area contributed by atoms with E-state index in [9.17, 15) is 9.18 Å². The third kappa shape index (κ3) is 3.91. The third-order valence-electron chi connectivity index (χ3n) is 2.51. The first kappa shape index (κ1) is 13.7. The topological polar surface area (TPSA) is 51.2 Å². The summed E-state index contributed by atoms with van der Waals surface area (Å²) in [4.78, 5) is 15.7. The molecule has 0 saturated carbocycles. The number of hydrogen-bond acceptors (Lipinski definition) is 3. The molecule has 1 aromatic heterocycles. The van der Waals surface area contributed by atoms with Gasteiger partial charge in [0.2, 0.25) is 11.8 Å². The van der Waals surface area contributed by atoms with Crippen LogP contribution in [0.4, 0.5) is 10.1 Å². The summed E-state index contributed by atoms with van der Waals surface area (Å²) in [5.74, 6) is -0.123. The molecule has 0 aliphatic rings. The molecule has 2 aromatic rings. The van der Waals surface area contributed by atoms with Gasteiger partial charge in [-0.15, -0.1) is 0 Å². The summed E-state index contributed by atoms with van der Waals surface area (Å²) >= 11 is 0. The number of hydrogen-bond donors (Lipinski definition) is 1. The number of aromatic nitrogens is 1. The highest BCUT2D eigenvalue weighted by atomic mass is 19.1. The van der Waals surface area contributed by atoms with E-state index in [-0.39, 0.29) is 11.7 Å². The van der Waals surface area contributed by atoms with Gasteiger partial charge in [-0.25, -0.2) is 9.37 Å². The molecule has 0 bridgehead atoms. The van der Waals surface area contributed by atoms with Crippen LogP contribution in [0.15, 0.2) is 48.7 Å². The molecule has 4 nitrogen and oxygen atoms in total. The smallest absolute Gasteiger partial charge is 0.248 e. The number of nitrogens with one attached hydrogen (secondary N) is 1. The lowest BCUT2D eigenvalue weighted by Crippen LogP contribution is -2.07. The van der Waals surface area contributed by atoms with Crippen molar-refractivity contribution < 1.29 is 13.9 Å². The molecule has 0 radical (unpaired) electrons. The monoisotopic (exact) mass is 272 g/mol. The fourth-order valence-electron chi connectivity index (χ4n) is 1.50. The minimum Gasteiger partial charge on any atom is -0.481 e. The zero-order valence-corrected chi connectivity index (χ0v) is 10.8. The summed E-state index contributed by atoms with van der Waals surface area (Å²) in [7, 11) is 1.52. The number of nitrogens with zero attached hydrogens (tertiary/aromatic N) is 1. The van der Waals surface area contributed by atoms with Crippen molar-refractivity contribution in [3.8, 4) is 5.88 Å². The molecule has 0 saturated heterocycles. The van der Waals surface area contributed by atoms with Crippen LogP contribution in [0.3, 0.4) is 0 Å². The number of halogens is 1. The third-order valence-corrected chi connectivity index (χ3v) is 2.51. The molecular formula is C15H13FN2O2. The van der Waals surface area contributed by atoms with Gasteiger partial charge in [0.05, 0.1) is 19.0 Å². The molecule has 0 spiro atoms. The first-order valence-corrected chi connectivity index (χ1v) is 5.92. The Hall–Kier alpha value is -2.69. The Labute approximate surface area is 115 Å². The Bertz CT molecular complexity index is 607. The van der Waals surface area contributed by atoms with Crippen LogP contribution < -0.4 is 10.1 Å². The van der Waals surface area contributed by atoms with E-state index in [4.69, 9.17) is 4.74 Å². The van der Waals surface area contributed by atoms with Gasteiger partial charge in [0.15, 0.2) is 0 Å². The Kier molecular flexibility index (Phi) is 4.44. The molecular weight excluding hydrogens is 259 g/mol. The van der Waals surface area contributed by atoms with E-state index in [1.807, 2.05) is 0 Å². The number of methoxy groups -OCH3 is 1. The van der Waals surface area contributed by atoms with Crippen LogP contribution in [-0.4, -0.2) is 18.0 Å². The lowest BCUT2D eigenvalue weighted by Gasteiger charge is -2.02. The van der Waals surface area contributed by atoms with Crippen molar-refractivity contribution in [2.24, 2.45) is 0 Å². The van der Waals surface area contributed by atoms with Gasteiger partial charge in [-0.3, -0.25) is 4.79 Å². The number of ether oxygens (including phenoxy) is 1. The molecule has 0 aliphatic carbocycles. The molecule has 1 heterocycles. The first-order chi connectivity index (χ1) is 9.67. The summed E-state index contributed by atoms with van der Waals surface area (Å²) in [5.41, 5.74) is 1.31. The zero-order chi connectivity index (χ0) is 14.4. The van der Waals surface area contributed by atoms with Gasteiger partial charge in [0.25, 0.3) is 0 Å². The first-order valence-electron chi connectivity index (χ1n) is 5.92. The molecule has 20 heavy (non-hydrogen) atoms. The minimum atomic E-state index is -0.309. The summed E-state index contributed by atoms with van der Waals surface area (Å²) in [6, 6.07) is 9.20. The standard InChI is InChI=1S/C15H13FN2O2/c1-20-15-9-7-13(10-17-15)18-14(19)8-4-11-2-5-12(16)6-3-11/h2-10H,1H3,(H,18,19). The van der Waals surface area contributed by atoms with E-state index in [0.717, 1.165) is 5.56 Å². The Morgan fingerprint density at radius 2 is 2.00 bits per heavy atom. The number of anilines is 1. The van der Waals surface area contributed by atoms with Crippen LogP contribution in [0, 0.1) is 5.82 Å². The molecule has 0 fully saturated rings. The maximum absolute atomic E-state index is 12.7. The summed E-state index contributed by atoms with van der Waals surface area (Å²) in [5, 5.41) is 2.66.